The van der Waals surface area contributed by atoms with E-state index in [9.17, 15) is 4.79 Å². The summed E-state index contributed by atoms with van der Waals surface area (Å²) in [5.41, 5.74) is 3.85. The van der Waals surface area contributed by atoms with Gasteiger partial charge in [0.05, 0.1) is 26.5 Å². The highest BCUT2D eigenvalue weighted by molar-refractivity contribution is 6.05. The van der Waals surface area contributed by atoms with Gasteiger partial charge < -0.3 is 19.5 Å². The summed E-state index contributed by atoms with van der Waals surface area (Å²) in [5.74, 6) is 1.34. The number of fused-ring (bicyclic) bond motifs is 1. The predicted octanol–water partition coefficient (Wildman–Crippen LogP) is 2.98. The zero-order valence-corrected chi connectivity index (χ0v) is 15.0. The molecule has 0 spiro atoms. The number of nitrogens with one attached hydrogen (secondary N) is 1. The molecule has 1 aliphatic rings. The van der Waals surface area contributed by atoms with Gasteiger partial charge in [0.2, 0.25) is 0 Å². The standard InChI is InChI=1S/C20H22N2O4/c1-24-18-10-15-8-9-21-17(16(15)11-19(18)25-2)12-22-20(23)26-13-14-6-4-3-5-7-14/h3-7,10-11H,8-9,12-13H2,1-2H3,(H,22,23). The topological polar surface area (TPSA) is 69.2 Å². The number of alkyl carbamates (subject to hydrolysis) is 1. The van der Waals surface area contributed by atoms with Crippen LogP contribution in [-0.2, 0) is 17.8 Å². The first-order valence-electron chi connectivity index (χ1n) is 8.44. The third-order valence-electron chi connectivity index (χ3n) is 4.22. The third kappa shape index (κ3) is 4.14. The first kappa shape index (κ1) is 17.8. The summed E-state index contributed by atoms with van der Waals surface area (Å²) in [4.78, 5) is 16.5. The van der Waals surface area contributed by atoms with Crippen molar-refractivity contribution in [1.29, 1.82) is 0 Å². The van der Waals surface area contributed by atoms with Crippen LogP contribution < -0.4 is 14.8 Å². The average Bonchev–Trinajstić information content (AvgIpc) is 2.70. The van der Waals surface area contributed by atoms with Crippen LogP contribution >= 0.6 is 0 Å². The van der Waals surface area contributed by atoms with Gasteiger partial charge in [-0.1, -0.05) is 30.3 Å². The van der Waals surface area contributed by atoms with E-state index in [0.29, 0.717) is 24.6 Å². The van der Waals surface area contributed by atoms with E-state index in [0.717, 1.165) is 28.8 Å². The maximum Gasteiger partial charge on any atom is 0.407 e. The molecule has 1 amide bonds. The van der Waals surface area contributed by atoms with Crippen molar-refractivity contribution in [3.8, 4) is 11.5 Å². The number of rotatable bonds is 6. The number of methoxy groups -OCH3 is 2. The number of amides is 1. The van der Waals surface area contributed by atoms with Crippen LogP contribution in [0.4, 0.5) is 4.79 Å². The van der Waals surface area contributed by atoms with Crippen LogP contribution in [0.3, 0.4) is 0 Å². The maximum atomic E-state index is 12.0. The molecule has 0 bridgehead atoms. The first-order chi connectivity index (χ1) is 12.7. The van der Waals surface area contributed by atoms with E-state index < -0.39 is 6.09 Å². The lowest BCUT2D eigenvalue weighted by atomic mass is 9.96. The van der Waals surface area contributed by atoms with Crippen LogP contribution in [0.2, 0.25) is 0 Å². The summed E-state index contributed by atoms with van der Waals surface area (Å²) in [7, 11) is 3.22. The van der Waals surface area contributed by atoms with Gasteiger partial charge in [0, 0.05) is 12.1 Å². The second-order valence-corrected chi connectivity index (χ2v) is 5.86. The fourth-order valence-corrected chi connectivity index (χ4v) is 2.87. The molecule has 0 radical (unpaired) electrons. The third-order valence-corrected chi connectivity index (χ3v) is 4.22. The SMILES string of the molecule is COc1cc2c(cc1OC)C(CNC(=O)OCc1ccccc1)=NCC2. The van der Waals surface area contributed by atoms with Crippen molar-refractivity contribution in [3.05, 3.63) is 59.2 Å². The Labute approximate surface area is 152 Å². The number of ether oxygens (including phenoxy) is 3. The Morgan fingerprint density at radius 3 is 2.58 bits per heavy atom. The molecule has 0 aliphatic carbocycles. The summed E-state index contributed by atoms with van der Waals surface area (Å²) >= 11 is 0. The largest absolute Gasteiger partial charge is 0.493 e. The second kappa shape index (κ2) is 8.38. The lowest BCUT2D eigenvalue weighted by molar-refractivity contribution is 0.141. The van der Waals surface area contributed by atoms with Gasteiger partial charge in [-0.2, -0.15) is 0 Å². The van der Waals surface area contributed by atoms with Gasteiger partial charge in [-0.3, -0.25) is 4.99 Å². The minimum Gasteiger partial charge on any atom is -0.493 e. The lowest BCUT2D eigenvalue weighted by Gasteiger charge is -2.20. The number of hydrogen-bond donors (Lipinski definition) is 1. The van der Waals surface area contributed by atoms with Crippen molar-refractivity contribution >= 4 is 11.8 Å². The van der Waals surface area contributed by atoms with Gasteiger partial charge in [0.1, 0.15) is 6.61 Å². The van der Waals surface area contributed by atoms with Crippen molar-refractivity contribution < 1.29 is 19.0 Å². The zero-order chi connectivity index (χ0) is 18.4. The fourth-order valence-electron chi connectivity index (χ4n) is 2.87. The van der Waals surface area contributed by atoms with E-state index in [1.54, 1.807) is 14.2 Å². The van der Waals surface area contributed by atoms with E-state index in [1.165, 1.54) is 0 Å². The molecule has 0 atom stereocenters. The van der Waals surface area contributed by atoms with Gasteiger partial charge in [-0.25, -0.2) is 4.79 Å². The Bertz CT molecular complexity index is 803. The van der Waals surface area contributed by atoms with E-state index in [1.807, 2.05) is 42.5 Å². The zero-order valence-electron chi connectivity index (χ0n) is 15.0. The molecule has 1 N–H and O–H groups in total. The highest BCUT2D eigenvalue weighted by Crippen LogP contribution is 2.32. The Morgan fingerprint density at radius 2 is 1.85 bits per heavy atom. The van der Waals surface area contributed by atoms with E-state index in [4.69, 9.17) is 14.2 Å². The normalized spacial score (nSPS) is 12.6. The van der Waals surface area contributed by atoms with E-state index in [-0.39, 0.29) is 6.61 Å². The number of aliphatic imine (C=N–C) groups is 1. The van der Waals surface area contributed by atoms with Crippen molar-refractivity contribution in [2.24, 2.45) is 4.99 Å². The summed E-state index contributed by atoms with van der Waals surface area (Å²) in [6, 6.07) is 13.4. The minimum absolute atomic E-state index is 0.237. The van der Waals surface area contributed by atoms with E-state index >= 15 is 0 Å². The molecule has 0 saturated heterocycles. The summed E-state index contributed by atoms with van der Waals surface area (Å²) in [6.45, 7) is 1.22. The summed E-state index contributed by atoms with van der Waals surface area (Å²) < 4.78 is 16.0. The fraction of sp³-hybridized carbons (Fsp3) is 0.300. The molecule has 2 aromatic rings. The summed E-state index contributed by atoms with van der Waals surface area (Å²) in [5, 5.41) is 2.77. The molecule has 0 unspecified atom stereocenters. The number of hydrogen-bond acceptors (Lipinski definition) is 5. The molecule has 136 valence electrons. The van der Waals surface area contributed by atoms with Crippen LogP contribution in [0.1, 0.15) is 16.7 Å². The smallest absolute Gasteiger partial charge is 0.407 e. The monoisotopic (exact) mass is 354 g/mol. The van der Waals surface area contributed by atoms with Crippen LogP contribution in [0.5, 0.6) is 11.5 Å². The molecule has 26 heavy (non-hydrogen) atoms. The highest BCUT2D eigenvalue weighted by Gasteiger charge is 2.19. The van der Waals surface area contributed by atoms with Gasteiger partial charge in [0.15, 0.2) is 11.5 Å². The van der Waals surface area contributed by atoms with Crippen LogP contribution in [0.25, 0.3) is 0 Å². The van der Waals surface area contributed by atoms with Crippen molar-refractivity contribution in [1.82, 2.24) is 5.32 Å². The van der Waals surface area contributed by atoms with Gasteiger partial charge in [-0.15, -0.1) is 0 Å². The molecule has 6 heteroatoms. The Hall–Kier alpha value is -3.02. The Morgan fingerprint density at radius 1 is 1.12 bits per heavy atom. The molecule has 1 aliphatic heterocycles. The molecular formula is C20H22N2O4. The van der Waals surface area contributed by atoms with Crippen molar-refractivity contribution in [2.75, 3.05) is 27.3 Å². The maximum absolute atomic E-state index is 12.0. The molecule has 6 nitrogen and oxygen atoms in total. The molecule has 0 aromatic heterocycles. The number of benzene rings is 2. The molecule has 0 fully saturated rings. The Balaban J connectivity index is 1.62. The number of carbonyl (C=O) groups is 1. The minimum atomic E-state index is -0.468. The first-order valence-corrected chi connectivity index (χ1v) is 8.44. The molecule has 2 aromatic carbocycles. The number of carbonyl (C=O) groups excluding carboxylic acids is 1. The van der Waals surface area contributed by atoms with Crippen LogP contribution in [0, 0.1) is 0 Å². The van der Waals surface area contributed by atoms with Crippen molar-refractivity contribution in [2.45, 2.75) is 13.0 Å². The quantitative estimate of drug-likeness (QED) is 0.866. The molecule has 0 saturated carbocycles. The lowest BCUT2D eigenvalue weighted by Crippen LogP contribution is -2.32. The second-order valence-electron chi connectivity index (χ2n) is 5.86. The van der Waals surface area contributed by atoms with Gasteiger partial charge >= 0.3 is 6.09 Å². The van der Waals surface area contributed by atoms with E-state index in [2.05, 4.69) is 10.3 Å². The molecular weight excluding hydrogens is 332 g/mol. The summed E-state index contributed by atoms with van der Waals surface area (Å²) in [6.07, 6.45) is 0.363. The van der Waals surface area contributed by atoms with Crippen molar-refractivity contribution in [3.63, 3.8) is 0 Å². The van der Waals surface area contributed by atoms with Gasteiger partial charge in [-0.05, 0) is 29.7 Å². The number of nitrogens with zero attached hydrogens (tertiary/aromatic N) is 1. The molecule has 1 heterocycles. The average molecular weight is 354 g/mol. The predicted molar refractivity (Wildman–Crippen MR) is 99.3 cm³/mol. The Kier molecular flexibility index (Phi) is 5.73. The molecule has 3 rings (SSSR count). The van der Waals surface area contributed by atoms with Crippen LogP contribution in [0.15, 0.2) is 47.5 Å². The van der Waals surface area contributed by atoms with Gasteiger partial charge in [0.25, 0.3) is 0 Å². The van der Waals surface area contributed by atoms with Crippen LogP contribution in [-0.4, -0.2) is 39.1 Å². The highest BCUT2D eigenvalue weighted by atomic mass is 16.5.